The third-order valence-corrected chi connectivity index (χ3v) is 1.37. The van der Waals surface area contributed by atoms with Gasteiger partial charge >= 0.3 is 5.97 Å². The maximum Gasteiger partial charge on any atom is 0.338 e. The Morgan fingerprint density at radius 2 is 2.27 bits per heavy atom. The third-order valence-electron chi connectivity index (χ3n) is 1.02. The molecule has 1 rings (SSSR count). The average Bonchev–Trinajstić information content (AvgIpc) is 1.88. The largest absolute Gasteiger partial charge is 0.478 e. The molecule has 0 bridgehead atoms. The van der Waals surface area contributed by atoms with E-state index < -0.39 is 5.97 Å². The van der Waals surface area contributed by atoms with Crippen molar-refractivity contribution in [2.75, 3.05) is 0 Å². The third kappa shape index (κ3) is 2.83. The second-order valence-corrected chi connectivity index (χ2v) is 2.10. The molecule has 11 heavy (non-hydrogen) atoms. The second-order valence-electron chi connectivity index (χ2n) is 1.68. The fourth-order valence-corrected chi connectivity index (χ4v) is 0.801. The van der Waals surface area contributed by atoms with Crippen LogP contribution in [0, 0.1) is 0 Å². The van der Waals surface area contributed by atoms with Crippen LogP contribution in [0.2, 0.25) is 0 Å². The van der Waals surface area contributed by atoms with Crippen molar-refractivity contribution in [3.63, 3.8) is 0 Å². The number of aromatic nitrogens is 1. The fourth-order valence-electron chi connectivity index (χ4n) is 0.564. The number of carboxylic acid groups (broad SMARTS) is 1. The first kappa shape index (κ1) is 11.0. The molecule has 0 aliphatic heterocycles. The van der Waals surface area contributed by atoms with Crippen LogP contribution in [0.4, 0.5) is 0 Å². The molecule has 3 nitrogen and oxygen atoms in total. The van der Waals surface area contributed by atoms with E-state index >= 15 is 0 Å². The van der Waals surface area contributed by atoms with Crippen molar-refractivity contribution in [2.24, 2.45) is 0 Å². The van der Waals surface area contributed by atoms with Crippen LogP contribution in [0.15, 0.2) is 23.4 Å². The van der Waals surface area contributed by atoms with Crippen LogP contribution in [-0.4, -0.2) is 45.6 Å². The molecule has 0 aliphatic carbocycles. The number of nitrogens with zero attached hydrogens (tertiary/aromatic N) is 1. The van der Waals surface area contributed by atoms with Crippen LogP contribution in [-0.2, 0) is 0 Å². The molecule has 0 spiro atoms. The Hall–Kier alpha value is -0.0300. The summed E-state index contributed by atoms with van der Waals surface area (Å²) in [5.74, 6) is -1.00. The second kappa shape index (κ2) is 4.77. The van der Waals surface area contributed by atoms with Crippen molar-refractivity contribution in [1.29, 1.82) is 0 Å². The number of pyridine rings is 1. The molecular formula is C6H5NNaO2S. The quantitative estimate of drug-likeness (QED) is 0.491. The molecule has 0 aliphatic rings. The summed E-state index contributed by atoms with van der Waals surface area (Å²) >= 11 is 3.85. The van der Waals surface area contributed by atoms with Crippen LogP contribution in [0.5, 0.6) is 0 Å². The van der Waals surface area contributed by atoms with E-state index in [-0.39, 0.29) is 40.1 Å². The van der Waals surface area contributed by atoms with Gasteiger partial charge in [0.15, 0.2) is 0 Å². The van der Waals surface area contributed by atoms with Gasteiger partial charge in [0.2, 0.25) is 0 Å². The Morgan fingerprint density at radius 3 is 2.64 bits per heavy atom. The maximum absolute atomic E-state index is 10.3. The van der Waals surface area contributed by atoms with E-state index in [1.54, 1.807) is 6.07 Å². The molecule has 5 heteroatoms. The van der Waals surface area contributed by atoms with Crippen LogP contribution in [0.25, 0.3) is 0 Å². The van der Waals surface area contributed by atoms with Crippen molar-refractivity contribution in [2.45, 2.75) is 5.03 Å². The van der Waals surface area contributed by atoms with E-state index in [0.717, 1.165) is 0 Å². The molecule has 0 atom stereocenters. The molecule has 0 unspecified atom stereocenters. The monoisotopic (exact) mass is 178 g/mol. The average molecular weight is 178 g/mol. The summed E-state index contributed by atoms with van der Waals surface area (Å²) in [4.78, 5) is 14.0. The zero-order valence-corrected chi connectivity index (χ0v) is 8.88. The summed E-state index contributed by atoms with van der Waals surface area (Å²) in [5, 5.41) is 8.72. The summed E-state index contributed by atoms with van der Waals surface area (Å²) < 4.78 is 0. The van der Waals surface area contributed by atoms with Gasteiger partial charge in [0.05, 0.1) is 5.56 Å². The molecule has 1 aromatic rings. The first-order valence-corrected chi connectivity index (χ1v) is 3.04. The number of hydrogen-bond donors (Lipinski definition) is 2. The van der Waals surface area contributed by atoms with Gasteiger partial charge in [0.25, 0.3) is 0 Å². The predicted molar refractivity (Wildman–Crippen MR) is 44.2 cm³/mol. The molecular weight excluding hydrogens is 173 g/mol. The molecule has 1 radical (unpaired) electrons. The smallest absolute Gasteiger partial charge is 0.338 e. The van der Waals surface area contributed by atoms with Crippen molar-refractivity contribution in [3.8, 4) is 0 Å². The number of aromatic carboxylic acids is 1. The molecule has 53 valence electrons. The summed E-state index contributed by atoms with van der Waals surface area (Å²) in [7, 11) is 0. The molecule has 1 heterocycles. The molecule has 0 fully saturated rings. The van der Waals surface area contributed by atoms with Gasteiger partial charge in [-0.05, 0) is 12.1 Å². The standard InChI is InChI=1S/C6H5NO2S.Na/c8-6(9)4-2-1-3-7-5(4)10;/h1-3H,(H,7,10)(H,8,9);. The molecule has 0 aromatic carbocycles. The van der Waals surface area contributed by atoms with Crippen LogP contribution in [0.3, 0.4) is 0 Å². The summed E-state index contributed by atoms with van der Waals surface area (Å²) in [6.07, 6.45) is 1.49. The Bertz CT molecular complexity index is 267. The van der Waals surface area contributed by atoms with Crippen molar-refractivity contribution < 1.29 is 9.90 Å². The maximum atomic E-state index is 10.3. The summed E-state index contributed by atoms with van der Waals surface area (Å²) in [6.45, 7) is 0. The number of thiol groups is 1. The minimum atomic E-state index is -1.00. The first-order valence-electron chi connectivity index (χ1n) is 2.59. The zero-order valence-electron chi connectivity index (χ0n) is 5.98. The van der Waals surface area contributed by atoms with Crippen LogP contribution in [0.1, 0.15) is 10.4 Å². The van der Waals surface area contributed by atoms with Crippen molar-refractivity contribution in [1.82, 2.24) is 4.98 Å². The van der Waals surface area contributed by atoms with Gasteiger partial charge in [-0.2, -0.15) is 0 Å². The van der Waals surface area contributed by atoms with Gasteiger partial charge in [0, 0.05) is 35.8 Å². The first-order chi connectivity index (χ1) is 4.72. The number of carboxylic acids is 1. The van der Waals surface area contributed by atoms with E-state index in [9.17, 15) is 4.79 Å². The molecule has 1 N–H and O–H groups in total. The van der Waals surface area contributed by atoms with Gasteiger partial charge in [0.1, 0.15) is 5.03 Å². The van der Waals surface area contributed by atoms with Crippen LogP contribution >= 0.6 is 12.6 Å². The molecule has 0 saturated carbocycles. The van der Waals surface area contributed by atoms with Gasteiger partial charge < -0.3 is 5.11 Å². The molecule has 0 saturated heterocycles. The zero-order chi connectivity index (χ0) is 7.56. The van der Waals surface area contributed by atoms with Gasteiger partial charge in [-0.25, -0.2) is 9.78 Å². The number of hydrogen-bond acceptors (Lipinski definition) is 3. The van der Waals surface area contributed by atoms with Gasteiger partial charge in [-0.1, -0.05) is 0 Å². The van der Waals surface area contributed by atoms with E-state index in [4.69, 9.17) is 5.11 Å². The van der Waals surface area contributed by atoms with E-state index in [1.807, 2.05) is 0 Å². The minimum absolute atomic E-state index is 0. The Kier molecular flexibility index (Phi) is 4.76. The Morgan fingerprint density at radius 1 is 1.64 bits per heavy atom. The van der Waals surface area contributed by atoms with Crippen LogP contribution < -0.4 is 0 Å². The number of carbonyl (C=O) groups is 1. The summed E-state index contributed by atoms with van der Waals surface area (Å²) in [6, 6.07) is 3.01. The van der Waals surface area contributed by atoms with Gasteiger partial charge in [-0.3, -0.25) is 0 Å². The Balaban J connectivity index is 0.000001000. The van der Waals surface area contributed by atoms with E-state index in [2.05, 4.69) is 17.6 Å². The topological polar surface area (TPSA) is 50.2 Å². The van der Waals surface area contributed by atoms with E-state index in [0.29, 0.717) is 0 Å². The van der Waals surface area contributed by atoms with Crippen molar-refractivity contribution in [3.05, 3.63) is 23.9 Å². The normalized spacial score (nSPS) is 8.45. The summed E-state index contributed by atoms with van der Waals surface area (Å²) in [5.41, 5.74) is 0.130. The SMILES string of the molecule is O=C(O)c1cccnc1S.[Na]. The minimum Gasteiger partial charge on any atom is -0.478 e. The predicted octanol–water partition coefficient (Wildman–Crippen LogP) is 0.688. The molecule has 1 aromatic heterocycles. The fraction of sp³-hybridized carbons (Fsp3) is 0. The molecule has 0 amide bonds. The van der Waals surface area contributed by atoms with Crippen molar-refractivity contribution >= 4 is 48.2 Å². The van der Waals surface area contributed by atoms with Gasteiger partial charge in [-0.15, -0.1) is 12.6 Å². The number of rotatable bonds is 1. The van der Waals surface area contributed by atoms with E-state index in [1.165, 1.54) is 12.3 Å². The Labute approximate surface area is 91.5 Å².